The van der Waals surface area contributed by atoms with Gasteiger partial charge in [-0.05, 0) is 37.0 Å². The maximum atomic E-state index is 12.4. The van der Waals surface area contributed by atoms with E-state index in [4.69, 9.17) is 4.74 Å². The molecule has 3 rings (SSSR count). The molecule has 1 aromatic heterocycles. The number of piperidine rings is 1. The molecule has 1 atom stereocenters. The predicted molar refractivity (Wildman–Crippen MR) is 86.2 cm³/mol. The zero-order chi connectivity index (χ0) is 16.1. The monoisotopic (exact) mass is 314 g/mol. The summed E-state index contributed by atoms with van der Waals surface area (Å²) >= 11 is 0. The molecule has 1 fully saturated rings. The van der Waals surface area contributed by atoms with Crippen molar-refractivity contribution in [1.82, 2.24) is 19.7 Å². The van der Waals surface area contributed by atoms with E-state index in [2.05, 4.69) is 17.0 Å². The van der Waals surface area contributed by atoms with Crippen LogP contribution in [-0.4, -0.2) is 45.3 Å². The number of benzene rings is 1. The summed E-state index contributed by atoms with van der Waals surface area (Å²) in [6.07, 6.45) is 6.23. The number of nitrogens with zero attached hydrogens (tertiary/aromatic N) is 4. The summed E-state index contributed by atoms with van der Waals surface area (Å²) in [7, 11) is 0. The molecule has 2 aromatic rings. The zero-order valence-electron chi connectivity index (χ0n) is 13.4. The SMILES string of the molecule is CCc1ccc(OCC(=O)N2CCCC(n3cncn3)C2)cc1. The first-order chi connectivity index (χ1) is 11.3. The van der Waals surface area contributed by atoms with Gasteiger partial charge in [-0.25, -0.2) is 9.67 Å². The van der Waals surface area contributed by atoms with Crippen LogP contribution in [0.15, 0.2) is 36.9 Å². The van der Waals surface area contributed by atoms with Crippen molar-refractivity contribution in [3.63, 3.8) is 0 Å². The van der Waals surface area contributed by atoms with Crippen molar-refractivity contribution in [2.24, 2.45) is 0 Å². The molecule has 6 nitrogen and oxygen atoms in total. The summed E-state index contributed by atoms with van der Waals surface area (Å²) in [4.78, 5) is 18.2. The van der Waals surface area contributed by atoms with E-state index in [9.17, 15) is 4.79 Å². The third-order valence-corrected chi connectivity index (χ3v) is 4.25. The Morgan fingerprint density at radius 1 is 1.35 bits per heavy atom. The van der Waals surface area contributed by atoms with Crippen LogP contribution in [-0.2, 0) is 11.2 Å². The Morgan fingerprint density at radius 2 is 2.17 bits per heavy atom. The second kappa shape index (κ2) is 7.26. The quantitative estimate of drug-likeness (QED) is 0.848. The molecule has 122 valence electrons. The molecule has 2 heterocycles. The van der Waals surface area contributed by atoms with Crippen LogP contribution in [0.1, 0.15) is 31.4 Å². The fraction of sp³-hybridized carbons (Fsp3) is 0.471. The minimum absolute atomic E-state index is 0.0226. The molecule has 1 unspecified atom stereocenters. The summed E-state index contributed by atoms with van der Waals surface area (Å²) in [6, 6.07) is 8.10. The van der Waals surface area contributed by atoms with Gasteiger partial charge in [-0.1, -0.05) is 19.1 Å². The number of aromatic nitrogens is 3. The maximum absolute atomic E-state index is 12.4. The summed E-state index contributed by atoms with van der Waals surface area (Å²) in [5, 5.41) is 4.18. The molecule has 1 aromatic carbocycles. The fourth-order valence-corrected chi connectivity index (χ4v) is 2.86. The van der Waals surface area contributed by atoms with Gasteiger partial charge in [-0.2, -0.15) is 5.10 Å². The summed E-state index contributed by atoms with van der Waals surface area (Å²) in [6.45, 7) is 3.64. The van der Waals surface area contributed by atoms with E-state index in [0.29, 0.717) is 6.54 Å². The lowest BCUT2D eigenvalue weighted by molar-refractivity contribution is -0.135. The molecule has 0 saturated carbocycles. The van der Waals surface area contributed by atoms with Crippen molar-refractivity contribution >= 4 is 5.91 Å². The Balaban J connectivity index is 1.53. The van der Waals surface area contributed by atoms with Gasteiger partial charge >= 0.3 is 0 Å². The van der Waals surface area contributed by atoms with Crippen LogP contribution in [0.2, 0.25) is 0 Å². The molecule has 0 N–H and O–H groups in total. The number of ether oxygens (including phenoxy) is 1. The summed E-state index contributed by atoms with van der Waals surface area (Å²) in [5.41, 5.74) is 1.26. The van der Waals surface area contributed by atoms with E-state index in [-0.39, 0.29) is 18.6 Å². The second-order valence-corrected chi connectivity index (χ2v) is 5.80. The average Bonchev–Trinajstić information content (AvgIpc) is 3.15. The Kier molecular flexibility index (Phi) is 4.90. The number of carbonyl (C=O) groups is 1. The van der Waals surface area contributed by atoms with E-state index in [1.54, 1.807) is 6.33 Å². The molecule has 0 spiro atoms. The van der Waals surface area contributed by atoms with Gasteiger partial charge in [-0.15, -0.1) is 0 Å². The highest BCUT2D eigenvalue weighted by atomic mass is 16.5. The van der Waals surface area contributed by atoms with E-state index in [1.807, 2.05) is 33.8 Å². The van der Waals surface area contributed by atoms with Gasteiger partial charge in [0, 0.05) is 13.1 Å². The minimum atomic E-state index is 0.0226. The molecule has 0 aliphatic carbocycles. The first-order valence-corrected chi connectivity index (χ1v) is 8.10. The highest BCUT2D eigenvalue weighted by molar-refractivity contribution is 5.77. The van der Waals surface area contributed by atoms with Crippen LogP contribution >= 0.6 is 0 Å². The first-order valence-electron chi connectivity index (χ1n) is 8.10. The van der Waals surface area contributed by atoms with Crippen LogP contribution in [0.3, 0.4) is 0 Å². The van der Waals surface area contributed by atoms with E-state index < -0.39 is 0 Å². The van der Waals surface area contributed by atoms with Crippen molar-refractivity contribution < 1.29 is 9.53 Å². The third-order valence-electron chi connectivity index (χ3n) is 4.25. The predicted octanol–water partition coefficient (Wildman–Crippen LogP) is 2.08. The molecular weight excluding hydrogens is 292 g/mol. The van der Waals surface area contributed by atoms with Crippen LogP contribution in [0, 0.1) is 0 Å². The van der Waals surface area contributed by atoms with Gasteiger partial charge in [0.05, 0.1) is 6.04 Å². The highest BCUT2D eigenvalue weighted by Crippen LogP contribution is 2.20. The molecule has 1 saturated heterocycles. The fourth-order valence-electron chi connectivity index (χ4n) is 2.86. The molecule has 6 heteroatoms. The van der Waals surface area contributed by atoms with E-state index >= 15 is 0 Å². The Bertz CT molecular complexity index is 625. The molecule has 23 heavy (non-hydrogen) atoms. The van der Waals surface area contributed by atoms with Crippen LogP contribution in [0.4, 0.5) is 0 Å². The third kappa shape index (κ3) is 3.88. The van der Waals surface area contributed by atoms with Crippen molar-refractivity contribution in [3.05, 3.63) is 42.5 Å². The Morgan fingerprint density at radius 3 is 2.87 bits per heavy atom. The maximum Gasteiger partial charge on any atom is 0.260 e. The lowest BCUT2D eigenvalue weighted by Gasteiger charge is -2.32. The summed E-state index contributed by atoms with van der Waals surface area (Å²) in [5.74, 6) is 0.759. The first kappa shape index (κ1) is 15.5. The number of aryl methyl sites for hydroxylation is 1. The van der Waals surface area contributed by atoms with Gasteiger partial charge in [-0.3, -0.25) is 4.79 Å². The van der Waals surface area contributed by atoms with Gasteiger partial charge in [0.25, 0.3) is 5.91 Å². The number of hydrogen-bond donors (Lipinski definition) is 0. The smallest absolute Gasteiger partial charge is 0.260 e. The molecule has 0 bridgehead atoms. The van der Waals surface area contributed by atoms with Crippen LogP contribution in [0.25, 0.3) is 0 Å². The van der Waals surface area contributed by atoms with Crippen molar-refractivity contribution in [2.45, 2.75) is 32.2 Å². The largest absolute Gasteiger partial charge is 0.484 e. The Labute approximate surface area is 136 Å². The van der Waals surface area contributed by atoms with Crippen LogP contribution < -0.4 is 4.74 Å². The van der Waals surface area contributed by atoms with Crippen molar-refractivity contribution in [2.75, 3.05) is 19.7 Å². The van der Waals surface area contributed by atoms with Crippen molar-refractivity contribution in [3.8, 4) is 5.75 Å². The number of hydrogen-bond acceptors (Lipinski definition) is 4. The molecular formula is C17H22N4O2. The standard InChI is InChI=1S/C17H22N4O2/c1-2-14-5-7-16(8-6-14)23-11-17(22)20-9-3-4-15(10-20)21-13-18-12-19-21/h5-8,12-13,15H,2-4,9-11H2,1H3. The van der Waals surface area contributed by atoms with E-state index in [1.165, 1.54) is 11.9 Å². The lowest BCUT2D eigenvalue weighted by Crippen LogP contribution is -2.43. The summed E-state index contributed by atoms with van der Waals surface area (Å²) < 4.78 is 7.46. The topological polar surface area (TPSA) is 60.2 Å². The highest BCUT2D eigenvalue weighted by Gasteiger charge is 2.25. The van der Waals surface area contributed by atoms with Gasteiger partial charge < -0.3 is 9.64 Å². The molecule has 1 amide bonds. The van der Waals surface area contributed by atoms with Crippen LogP contribution in [0.5, 0.6) is 5.75 Å². The minimum Gasteiger partial charge on any atom is -0.484 e. The zero-order valence-corrected chi connectivity index (χ0v) is 13.4. The lowest BCUT2D eigenvalue weighted by atomic mass is 10.1. The van der Waals surface area contributed by atoms with Gasteiger partial charge in [0.2, 0.25) is 0 Å². The van der Waals surface area contributed by atoms with E-state index in [0.717, 1.165) is 31.6 Å². The number of carbonyl (C=O) groups excluding carboxylic acids is 1. The number of amides is 1. The van der Waals surface area contributed by atoms with Gasteiger partial charge in [0.1, 0.15) is 18.4 Å². The number of rotatable bonds is 5. The van der Waals surface area contributed by atoms with Gasteiger partial charge in [0.15, 0.2) is 6.61 Å². The molecule has 1 aliphatic heterocycles. The van der Waals surface area contributed by atoms with Crippen molar-refractivity contribution in [1.29, 1.82) is 0 Å². The average molecular weight is 314 g/mol. The normalized spacial score (nSPS) is 18.0. The molecule has 1 aliphatic rings. The second-order valence-electron chi connectivity index (χ2n) is 5.80. The number of likely N-dealkylation sites (tertiary alicyclic amines) is 1. The molecule has 0 radical (unpaired) electrons. The Hall–Kier alpha value is -2.37.